The summed E-state index contributed by atoms with van der Waals surface area (Å²) in [6, 6.07) is 8.80. The maximum absolute atomic E-state index is 11.8. The maximum Gasteiger partial charge on any atom is 0.328 e. The smallest absolute Gasteiger partial charge is 0.328 e. The molecule has 0 spiro atoms. The van der Waals surface area contributed by atoms with Crippen LogP contribution in [0.5, 0.6) is 0 Å². The predicted molar refractivity (Wildman–Crippen MR) is 85.3 cm³/mol. The Morgan fingerprint density at radius 3 is 2.39 bits per heavy atom. The van der Waals surface area contributed by atoms with Crippen molar-refractivity contribution in [3.8, 4) is 0 Å². The molecule has 124 valence electrons. The first-order valence-corrected chi connectivity index (χ1v) is 7.22. The van der Waals surface area contributed by atoms with Crippen LogP contribution in [0.3, 0.4) is 0 Å². The second-order valence-electron chi connectivity index (χ2n) is 4.77. The van der Waals surface area contributed by atoms with Crippen LogP contribution in [0.1, 0.15) is 24.8 Å². The highest BCUT2D eigenvalue weighted by Gasteiger charge is 2.20. The van der Waals surface area contributed by atoms with Gasteiger partial charge >= 0.3 is 11.9 Å². The third-order valence-corrected chi connectivity index (χ3v) is 3.09. The Morgan fingerprint density at radius 1 is 1.09 bits per heavy atom. The zero-order chi connectivity index (χ0) is 17.1. The number of hydrogen-bond donors (Lipinski definition) is 1. The summed E-state index contributed by atoms with van der Waals surface area (Å²) < 4.78 is 9.15. The molecule has 0 saturated heterocycles. The van der Waals surface area contributed by atoms with Crippen LogP contribution < -0.4 is 5.32 Å². The molecule has 0 aliphatic carbocycles. The van der Waals surface area contributed by atoms with Crippen LogP contribution in [-0.2, 0) is 23.9 Å². The minimum absolute atomic E-state index is 0.0317. The van der Waals surface area contributed by atoms with Crippen LogP contribution >= 0.6 is 0 Å². The van der Waals surface area contributed by atoms with Gasteiger partial charge in [-0.05, 0) is 12.0 Å². The second-order valence-corrected chi connectivity index (χ2v) is 4.77. The van der Waals surface area contributed by atoms with Crippen molar-refractivity contribution in [1.29, 1.82) is 0 Å². The molecule has 0 aromatic heterocycles. The summed E-state index contributed by atoms with van der Waals surface area (Å²) in [4.78, 5) is 34.5. The van der Waals surface area contributed by atoms with Gasteiger partial charge in [0.15, 0.2) is 0 Å². The van der Waals surface area contributed by atoms with Crippen molar-refractivity contribution < 1.29 is 23.9 Å². The molecule has 0 saturated carbocycles. The number of carbonyl (C=O) groups is 3. The van der Waals surface area contributed by atoms with E-state index in [1.54, 1.807) is 6.08 Å². The van der Waals surface area contributed by atoms with Crippen molar-refractivity contribution in [2.45, 2.75) is 25.3 Å². The number of ether oxygens (including phenoxy) is 2. The van der Waals surface area contributed by atoms with Gasteiger partial charge in [-0.1, -0.05) is 42.5 Å². The molecule has 1 rings (SSSR count). The van der Waals surface area contributed by atoms with Crippen LogP contribution in [0.2, 0.25) is 0 Å². The minimum Gasteiger partial charge on any atom is -0.469 e. The van der Waals surface area contributed by atoms with E-state index in [4.69, 9.17) is 0 Å². The summed E-state index contributed by atoms with van der Waals surface area (Å²) in [6.07, 6.45) is 3.87. The van der Waals surface area contributed by atoms with Crippen molar-refractivity contribution in [2.24, 2.45) is 0 Å². The van der Waals surface area contributed by atoms with Gasteiger partial charge in [-0.3, -0.25) is 9.59 Å². The van der Waals surface area contributed by atoms with Gasteiger partial charge in [0.1, 0.15) is 6.04 Å². The second kappa shape index (κ2) is 10.2. The Balaban J connectivity index is 2.55. The van der Waals surface area contributed by atoms with Crippen LogP contribution in [0.15, 0.2) is 36.4 Å². The van der Waals surface area contributed by atoms with E-state index in [1.165, 1.54) is 14.2 Å². The molecule has 0 aliphatic heterocycles. The molecular weight excluding hydrogens is 298 g/mol. The van der Waals surface area contributed by atoms with E-state index in [0.29, 0.717) is 6.42 Å². The van der Waals surface area contributed by atoms with E-state index in [2.05, 4.69) is 14.8 Å². The normalized spacial score (nSPS) is 11.7. The van der Waals surface area contributed by atoms with Gasteiger partial charge in [0.05, 0.1) is 20.6 Å². The van der Waals surface area contributed by atoms with Gasteiger partial charge in [0, 0.05) is 6.42 Å². The summed E-state index contributed by atoms with van der Waals surface area (Å²) >= 11 is 0. The molecule has 0 aliphatic rings. The Kier molecular flexibility index (Phi) is 8.13. The number of nitrogens with one attached hydrogen (secondary N) is 1. The number of rotatable bonds is 8. The van der Waals surface area contributed by atoms with Crippen molar-refractivity contribution in [3.63, 3.8) is 0 Å². The number of methoxy groups -OCH3 is 2. The first-order chi connectivity index (χ1) is 11.1. The summed E-state index contributed by atoms with van der Waals surface area (Å²) in [5.74, 6) is -1.41. The lowest BCUT2D eigenvalue weighted by Crippen LogP contribution is -2.41. The molecule has 0 heterocycles. The van der Waals surface area contributed by atoms with Gasteiger partial charge in [0.25, 0.3) is 0 Å². The molecule has 6 nitrogen and oxygen atoms in total. The summed E-state index contributed by atoms with van der Waals surface area (Å²) in [6.45, 7) is 0. The summed E-state index contributed by atoms with van der Waals surface area (Å²) in [5, 5.41) is 2.56. The molecular formula is C17H21NO5. The van der Waals surface area contributed by atoms with Crippen molar-refractivity contribution >= 4 is 23.9 Å². The first kappa shape index (κ1) is 18.4. The number of hydrogen-bond acceptors (Lipinski definition) is 5. The minimum atomic E-state index is -0.787. The maximum atomic E-state index is 11.8. The summed E-state index contributed by atoms with van der Waals surface area (Å²) in [7, 11) is 2.52. The molecule has 0 unspecified atom stereocenters. The highest BCUT2D eigenvalue weighted by Crippen LogP contribution is 2.05. The van der Waals surface area contributed by atoms with Gasteiger partial charge in [-0.15, -0.1) is 0 Å². The van der Waals surface area contributed by atoms with E-state index >= 15 is 0 Å². The fourth-order valence-corrected chi connectivity index (χ4v) is 1.84. The molecule has 1 amide bonds. The third-order valence-electron chi connectivity index (χ3n) is 3.09. The lowest BCUT2D eigenvalue weighted by atomic mass is 10.1. The average Bonchev–Trinajstić information content (AvgIpc) is 2.58. The van der Waals surface area contributed by atoms with Gasteiger partial charge in [-0.2, -0.15) is 0 Å². The number of esters is 2. The van der Waals surface area contributed by atoms with Gasteiger partial charge in [0.2, 0.25) is 5.91 Å². The first-order valence-electron chi connectivity index (χ1n) is 7.22. The Bertz CT molecular complexity index is 553. The quantitative estimate of drug-likeness (QED) is 0.738. The molecule has 6 heteroatoms. The van der Waals surface area contributed by atoms with Crippen molar-refractivity contribution in [3.05, 3.63) is 42.0 Å². The van der Waals surface area contributed by atoms with E-state index < -0.39 is 23.9 Å². The molecule has 1 atom stereocenters. The van der Waals surface area contributed by atoms with E-state index in [9.17, 15) is 14.4 Å². The number of amides is 1. The van der Waals surface area contributed by atoms with Crippen LogP contribution in [0, 0.1) is 0 Å². The fourth-order valence-electron chi connectivity index (χ4n) is 1.84. The summed E-state index contributed by atoms with van der Waals surface area (Å²) in [5.41, 5.74) is 0.994. The van der Waals surface area contributed by atoms with E-state index in [1.807, 2.05) is 36.4 Å². The van der Waals surface area contributed by atoms with E-state index in [-0.39, 0.29) is 12.8 Å². The zero-order valence-electron chi connectivity index (χ0n) is 13.3. The topological polar surface area (TPSA) is 81.7 Å². The van der Waals surface area contributed by atoms with Crippen LogP contribution in [0.25, 0.3) is 6.08 Å². The standard InChI is InChI=1S/C17H21NO5/c1-22-16(20)12-11-15(19)18-14(17(21)23-2)10-6-9-13-7-4-3-5-8-13/h3-9,14H,10-12H2,1-2H3,(H,18,19)/b9-6+/t14-/m1/s1. The number of carbonyl (C=O) groups excluding carboxylic acids is 3. The molecule has 0 bridgehead atoms. The Labute approximate surface area is 135 Å². The number of benzene rings is 1. The van der Waals surface area contributed by atoms with E-state index in [0.717, 1.165) is 5.56 Å². The molecule has 0 radical (unpaired) electrons. The predicted octanol–water partition coefficient (Wildman–Crippen LogP) is 1.70. The Morgan fingerprint density at radius 2 is 1.78 bits per heavy atom. The molecule has 1 N–H and O–H groups in total. The fraction of sp³-hybridized carbons (Fsp3) is 0.353. The third kappa shape index (κ3) is 7.26. The monoisotopic (exact) mass is 319 g/mol. The zero-order valence-corrected chi connectivity index (χ0v) is 13.3. The lowest BCUT2D eigenvalue weighted by Gasteiger charge is -2.14. The van der Waals surface area contributed by atoms with Gasteiger partial charge in [-0.25, -0.2) is 4.79 Å². The van der Waals surface area contributed by atoms with Gasteiger partial charge < -0.3 is 14.8 Å². The lowest BCUT2D eigenvalue weighted by molar-refractivity contribution is -0.145. The largest absolute Gasteiger partial charge is 0.469 e. The Hall–Kier alpha value is -2.63. The van der Waals surface area contributed by atoms with Crippen LogP contribution in [-0.4, -0.2) is 38.1 Å². The molecule has 1 aromatic carbocycles. The average molecular weight is 319 g/mol. The highest BCUT2D eigenvalue weighted by atomic mass is 16.5. The molecule has 1 aromatic rings. The van der Waals surface area contributed by atoms with Crippen molar-refractivity contribution in [2.75, 3.05) is 14.2 Å². The highest BCUT2D eigenvalue weighted by molar-refractivity contribution is 5.86. The SMILES string of the molecule is COC(=O)CCC(=O)N[C@H](C/C=C/c1ccccc1)C(=O)OC. The molecule has 23 heavy (non-hydrogen) atoms. The molecule has 0 fully saturated rings. The van der Waals surface area contributed by atoms with Crippen LogP contribution in [0.4, 0.5) is 0 Å². The van der Waals surface area contributed by atoms with Crippen molar-refractivity contribution in [1.82, 2.24) is 5.32 Å².